The van der Waals surface area contributed by atoms with Crippen LogP contribution in [0.4, 0.5) is 0 Å². The van der Waals surface area contributed by atoms with Crippen LogP contribution in [0.5, 0.6) is 0 Å². The number of hydrogen-bond acceptors (Lipinski definition) is 2. The lowest BCUT2D eigenvalue weighted by molar-refractivity contribution is -0.127. The van der Waals surface area contributed by atoms with E-state index in [4.69, 9.17) is 0 Å². The van der Waals surface area contributed by atoms with Crippen molar-refractivity contribution in [3.8, 4) is 0 Å². The van der Waals surface area contributed by atoms with Gasteiger partial charge in [0.25, 0.3) is 6.47 Å². The predicted molar refractivity (Wildman–Crippen MR) is 38.0 cm³/mol. The van der Waals surface area contributed by atoms with Crippen LogP contribution in [0.1, 0.15) is 0 Å². The molecule has 0 amide bonds. The van der Waals surface area contributed by atoms with Crippen LogP contribution in [0.25, 0.3) is 0 Å². The van der Waals surface area contributed by atoms with Gasteiger partial charge in [-0.15, -0.1) is 0 Å². The molecule has 0 heterocycles. The zero-order valence-corrected chi connectivity index (χ0v) is 7.11. The molecule has 0 radical (unpaired) electrons. The average molecular weight is 244 g/mol. The molecule has 0 atom stereocenters. The Bertz CT molecular complexity index is 100. The molecule has 8 heavy (non-hydrogen) atoms. The SMILES string of the molecule is O=COCC(Br)=CBr. The summed E-state index contributed by atoms with van der Waals surface area (Å²) in [5.41, 5.74) is 0. The Kier molecular flexibility index (Phi) is 5.42. The Labute approximate surface area is 64.2 Å². The minimum atomic E-state index is 0.286. The third-order valence-electron chi connectivity index (χ3n) is 0.408. The maximum Gasteiger partial charge on any atom is 0.293 e. The van der Waals surface area contributed by atoms with Crippen molar-refractivity contribution < 1.29 is 9.53 Å². The number of rotatable bonds is 3. The molecule has 0 saturated heterocycles. The molecule has 0 aliphatic rings. The van der Waals surface area contributed by atoms with Gasteiger partial charge in [-0.1, -0.05) is 31.9 Å². The largest absolute Gasteiger partial charge is 0.462 e. The Morgan fingerprint density at radius 3 is 2.75 bits per heavy atom. The van der Waals surface area contributed by atoms with E-state index in [9.17, 15) is 4.79 Å². The summed E-state index contributed by atoms with van der Waals surface area (Å²) >= 11 is 6.15. The highest BCUT2D eigenvalue weighted by Crippen LogP contribution is 2.06. The minimum Gasteiger partial charge on any atom is -0.462 e. The van der Waals surface area contributed by atoms with Crippen LogP contribution in [0.3, 0.4) is 0 Å². The Morgan fingerprint density at radius 1 is 1.75 bits per heavy atom. The smallest absolute Gasteiger partial charge is 0.293 e. The van der Waals surface area contributed by atoms with Crippen molar-refractivity contribution in [2.45, 2.75) is 0 Å². The summed E-state index contributed by atoms with van der Waals surface area (Å²) in [6, 6.07) is 0. The lowest BCUT2D eigenvalue weighted by Gasteiger charge is -1.91. The van der Waals surface area contributed by atoms with Crippen molar-refractivity contribution >= 4 is 38.3 Å². The number of hydrogen-bond donors (Lipinski definition) is 0. The van der Waals surface area contributed by atoms with E-state index in [1.807, 2.05) is 0 Å². The van der Waals surface area contributed by atoms with E-state index in [-0.39, 0.29) is 6.61 Å². The molecule has 0 aliphatic carbocycles. The van der Waals surface area contributed by atoms with Gasteiger partial charge in [-0.25, -0.2) is 0 Å². The van der Waals surface area contributed by atoms with Gasteiger partial charge in [0.2, 0.25) is 0 Å². The molecule has 0 rings (SSSR count). The number of ether oxygens (including phenoxy) is 1. The molecule has 0 unspecified atom stereocenters. The highest BCUT2D eigenvalue weighted by molar-refractivity contribution is 9.14. The van der Waals surface area contributed by atoms with Crippen LogP contribution in [0, 0.1) is 0 Å². The Hall–Kier alpha value is 0.170. The first kappa shape index (κ1) is 8.17. The fourth-order valence-electron chi connectivity index (χ4n) is 0.145. The highest BCUT2D eigenvalue weighted by atomic mass is 79.9. The van der Waals surface area contributed by atoms with Crippen LogP contribution in [0.15, 0.2) is 9.47 Å². The zero-order chi connectivity index (χ0) is 6.41. The monoisotopic (exact) mass is 242 g/mol. The molecule has 4 heteroatoms. The van der Waals surface area contributed by atoms with E-state index in [1.54, 1.807) is 4.99 Å². The minimum absolute atomic E-state index is 0.286. The number of halogens is 2. The molecular weight excluding hydrogens is 240 g/mol. The van der Waals surface area contributed by atoms with E-state index >= 15 is 0 Å². The summed E-state index contributed by atoms with van der Waals surface area (Å²) < 4.78 is 5.16. The number of carbonyl (C=O) groups is 1. The van der Waals surface area contributed by atoms with Crippen molar-refractivity contribution in [3.63, 3.8) is 0 Å². The van der Waals surface area contributed by atoms with Crippen LogP contribution in [0.2, 0.25) is 0 Å². The predicted octanol–water partition coefficient (Wildman–Crippen LogP) is 1.79. The second-order valence-corrected chi connectivity index (χ2v) is 2.44. The standard InChI is InChI=1S/C4H4Br2O2/c5-1-4(6)2-8-3-7/h1,3H,2H2. The normalized spacial score (nSPS) is 11.0. The molecule has 0 aromatic carbocycles. The van der Waals surface area contributed by atoms with Crippen molar-refractivity contribution in [1.82, 2.24) is 0 Å². The molecule has 0 bridgehead atoms. The topological polar surface area (TPSA) is 26.3 Å². The maximum absolute atomic E-state index is 9.54. The second-order valence-electron chi connectivity index (χ2n) is 0.963. The molecule has 0 spiro atoms. The van der Waals surface area contributed by atoms with Gasteiger partial charge in [-0.3, -0.25) is 4.79 Å². The number of carbonyl (C=O) groups excluding carboxylic acids is 1. The molecule has 2 nitrogen and oxygen atoms in total. The summed E-state index contributed by atoms with van der Waals surface area (Å²) in [6.07, 6.45) is 0. The molecular formula is C4H4Br2O2. The second kappa shape index (κ2) is 5.31. The Morgan fingerprint density at radius 2 is 2.38 bits per heavy atom. The van der Waals surface area contributed by atoms with Gasteiger partial charge in [-0.2, -0.15) is 0 Å². The molecule has 0 aromatic rings. The fourth-order valence-corrected chi connectivity index (χ4v) is 0.409. The van der Waals surface area contributed by atoms with E-state index in [1.165, 1.54) is 0 Å². The lowest BCUT2D eigenvalue weighted by atomic mass is 10.7. The quantitative estimate of drug-likeness (QED) is 0.707. The average Bonchev–Trinajstić information content (AvgIpc) is 1.83. The van der Waals surface area contributed by atoms with E-state index in [0.29, 0.717) is 6.47 Å². The molecule has 0 aromatic heterocycles. The van der Waals surface area contributed by atoms with E-state index < -0.39 is 0 Å². The van der Waals surface area contributed by atoms with Crippen molar-refractivity contribution in [2.24, 2.45) is 0 Å². The van der Waals surface area contributed by atoms with E-state index in [0.717, 1.165) is 4.48 Å². The van der Waals surface area contributed by atoms with Gasteiger partial charge < -0.3 is 4.74 Å². The van der Waals surface area contributed by atoms with Crippen molar-refractivity contribution in [1.29, 1.82) is 0 Å². The van der Waals surface area contributed by atoms with Crippen LogP contribution in [-0.2, 0) is 9.53 Å². The third kappa shape index (κ3) is 4.33. The first-order valence-electron chi connectivity index (χ1n) is 1.81. The maximum atomic E-state index is 9.54. The van der Waals surface area contributed by atoms with Crippen molar-refractivity contribution in [3.05, 3.63) is 9.47 Å². The highest BCUT2D eigenvalue weighted by Gasteiger charge is 1.86. The molecule has 0 N–H and O–H groups in total. The summed E-state index contributed by atoms with van der Waals surface area (Å²) in [5, 5.41) is 0. The fraction of sp³-hybridized carbons (Fsp3) is 0.250. The first-order chi connectivity index (χ1) is 3.81. The molecule has 0 saturated carbocycles. The molecule has 0 fully saturated rings. The first-order valence-corrected chi connectivity index (χ1v) is 3.52. The van der Waals surface area contributed by atoms with Gasteiger partial charge >= 0.3 is 0 Å². The van der Waals surface area contributed by atoms with Crippen molar-refractivity contribution in [2.75, 3.05) is 6.61 Å². The van der Waals surface area contributed by atoms with Crippen LogP contribution < -0.4 is 0 Å². The zero-order valence-electron chi connectivity index (χ0n) is 3.93. The van der Waals surface area contributed by atoms with Gasteiger partial charge in [0, 0.05) is 4.48 Å². The third-order valence-corrected chi connectivity index (χ3v) is 2.03. The summed E-state index contributed by atoms with van der Waals surface area (Å²) in [7, 11) is 0. The lowest BCUT2D eigenvalue weighted by Crippen LogP contribution is -1.88. The van der Waals surface area contributed by atoms with Gasteiger partial charge in [-0.05, 0) is 4.99 Å². The van der Waals surface area contributed by atoms with Crippen LogP contribution >= 0.6 is 31.9 Å². The van der Waals surface area contributed by atoms with E-state index in [2.05, 4.69) is 36.6 Å². The van der Waals surface area contributed by atoms with Gasteiger partial charge in [0.1, 0.15) is 6.61 Å². The summed E-state index contributed by atoms with van der Waals surface area (Å²) in [6.45, 7) is 0.687. The van der Waals surface area contributed by atoms with Crippen LogP contribution in [-0.4, -0.2) is 13.1 Å². The molecule has 46 valence electrons. The Balaban J connectivity index is 3.24. The summed E-state index contributed by atoms with van der Waals surface area (Å²) in [5.74, 6) is 0. The molecule has 0 aliphatic heterocycles. The van der Waals surface area contributed by atoms with Gasteiger partial charge in [0.05, 0.1) is 0 Å². The van der Waals surface area contributed by atoms with Gasteiger partial charge in [0.15, 0.2) is 0 Å². The summed E-state index contributed by atoms with van der Waals surface area (Å²) in [4.78, 5) is 11.2.